The first kappa shape index (κ1) is 16.4. The van der Waals surface area contributed by atoms with Gasteiger partial charge in [-0.3, -0.25) is 9.59 Å². The third-order valence-corrected chi connectivity index (χ3v) is 3.94. The van der Waals surface area contributed by atoms with Crippen molar-refractivity contribution in [1.82, 2.24) is 14.9 Å². The summed E-state index contributed by atoms with van der Waals surface area (Å²) < 4.78 is 4.90. The number of amides is 2. The Labute approximate surface area is 129 Å². The average molecular weight is 306 g/mol. The largest absolute Gasteiger partial charge is 0.375 e. The van der Waals surface area contributed by atoms with Gasteiger partial charge in [0.15, 0.2) is 0 Å². The number of rotatable bonds is 5. The molecule has 2 rings (SSSR count). The fourth-order valence-corrected chi connectivity index (χ4v) is 2.77. The molecule has 2 N–H and O–H groups in total. The van der Waals surface area contributed by atoms with Gasteiger partial charge >= 0.3 is 0 Å². The zero-order valence-electron chi connectivity index (χ0n) is 12.8. The summed E-state index contributed by atoms with van der Waals surface area (Å²) in [6.45, 7) is 1.65. The molecule has 0 aromatic carbocycles. The van der Waals surface area contributed by atoms with Crippen LogP contribution in [0.5, 0.6) is 0 Å². The average Bonchev–Trinajstić information content (AvgIpc) is 2.73. The fraction of sp³-hybridized carbons (Fsp3) is 0.600. The van der Waals surface area contributed by atoms with Crippen LogP contribution >= 0.6 is 0 Å². The number of nitrogens with zero attached hydrogens (tertiary/aromatic N) is 3. The molecule has 2 amide bonds. The van der Waals surface area contributed by atoms with Crippen LogP contribution in [0, 0.1) is 5.92 Å². The van der Waals surface area contributed by atoms with E-state index in [0.29, 0.717) is 5.92 Å². The van der Waals surface area contributed by atoms with Gasteiger partial charge in [0.05, 0.1) is 0 Å². The number of carbonyl (C=O) groups excluding carboxylic acids is 2. The maximum absolute atomic E-state index is 11.9. The minimum Gasteiger partial charge on any atom is -0.375 e. The molecule has 2 heterocycles. The van der Waals surface area contributed by atoms with Crippen molar-refractivity contribution in [2.45, 2.75) is 25.7 Å². The Morgan fingerprint density at radius 1 is 1.36 bits per heavy atom. The van der Waals surface area contributed by atoms with Gasteiger partial charge in [-0.2, -0.15) is 0 Å². The van der Waals surface area contributed by atoms with Gasteiger partial charge in [-0.05, 0) is 37.7 Å². The number of likely N-dealkylation sites (tertiary alicyclic amines) is 1. The monoisotopic (exact) mass is 306 g/mol. The highest BCUT2D eigenvalue weighted by molar-refractivity contribution is 5.90. The molecule has 1 atom stereocenters. The van der Waals surface area contributed by atoms with Crippen molar-refractivity contribution in [3.05, 3.63) is 23.8 Å². The van der Waals surface area contributed by atoms with Crippen LogP contribution < -0.4 is 5.73 Å². The van der Waals surface area contributed by atoms with E-state index in [1.165, 1.54) is 13.4 Å². The first-order valence-corrected chi connectivity index (χ1v) is 7.47. The molecule has 1 aliphatic rings. The molecular formula is C15H22N4O3. The maximum Gasteiger partial charge on any atom is 0.267 e. The van der Waals surface area contributed by atoms with Gasteiger partial charge in [-0.1, -0.05) is 0 Å². The second-order valence-corrected chi connectivity index (χ2v) is 5.57. The van der Waals surface area contributed by atoms with E-state index in [1.54, 1.807) is 6.07 Å². The highest BCUT2D eigenvalue weighted by Crippen LogP contribution is 2.21. The summed E-state index contributed by atoms with van der Waals surface area (Å²) in [5.74, 6) is -0.0574. The summed E-state index contributed by atoms with van der Waals surface area (Å²) in [6, 6.07) is 1.65. The minimum absolute atomic E-state index is 0.0428. The standard InChI is InChI=1S/C15H22N4O3/c1-22-9-14(20)19-5-2-3-11(4-6-19)7-12-8-13(15(16)21)18-10-17-12/h8,10-11H,2-7,9H2,1H3,(H2,16,21)/t11-/m1/s1. The summed E-state index contributed by atoms with van der Waals surface area (Å²) in [6.07, 6.45) is 5.07. The lowest BCUT2D eigenvalue weighted by Crippen LogP contribution is -2.34. The predicted octanol–water partition coefficient (Wildman–Crippen LogP) is 0.393. The van der Waals surface area contributed by atoms with E-state index in [9.17, 15) is 9.59 Å². The van der Waals surface area contributed by atoms with Crippen LogP contribution in [0.15, 0.2) is 12.4 Å². The molecular weight excluding hydrogens is 284 g/mol. The number of ether oxygens (including phenoxy) is 1. The number of hydrogen-bond acceptors (Lipinski definition) is 5. The Balaban J connectivity index is 1.93. The second-order valence-electron chi connectivity index (χ2n) is 5.57. The van der Waals surface area contributed by atoms with Gasteiger partial charge in [0.1, 0.15) is 18.6 Å². The van der Waals surface area contributed by atoms with E-state index < -0.39 is 5.91 Å². The number of carbonyl (C=O) groups is 2. The van der Waals surface area contributed by atoms with Crippen molar-refractivity contribution in [3.63, 3.8) is 0 Å². The summed E-state index contributed by atoms with van der Waals surface area (Å²) in [5, 5.41) is 0. The number of hydrogen-bond donors (Lipinski definition) is 1. The van der Waals surface area contributed by atoms with Crippen LogP contribution in [0.1, 0.15) is 35.4 Å². The molecule has 0 unspecified atom stereocenters. The zero-order chi connectivity index (χ0) is 15.9. The van der Waals surface area contributed by atoms with Gasteiger partial charge in [0.25, 0.3) is 5.91 Å². The molecule has 0 bridgehead atoms. The van der Waals surface area contributed by atoms with Crippen molar-refractivity contribution in [1.29, 1.82) is 0 Å². The Bertz CT molecular complexity index is 535. The van der Waals surface area contributed by atoms with Crippen LogP contribution in [0.3, 0.4) is 0 Å². The molecule has 120 valence electrons. The molecule has 7 heteroatoms. The van der Waals surface area contributed by atoms with Crippen molar-refractivity contribution >= 4 is 11.8 Å². The molecule has 22 heavy (non-hydrogen) atoms. The third-order valence-electron chi connectivity index (χ3n) is 3.94. The molecule has 0 radical (unpaired) electrons. The van der Waals surface area contributed by atoms with E-state index in [2.05, 4.69) is 9.97 Å². The molecule has 1 aromatic rings. The second kappa shape index (κ2) is 7.84. The van der Waals surface area contributed by atoms with Crippen molar-refractivity contribution in [3.8, 4) is 0 Å². The molecule has 0 spiro atoms. The highest BCUT2D eigenvalue weighted by Gasteiger charge is 2.21. The molecule has 7 nitrogen and oxygen atoms in total. The molecule has 1 aliphatic heterocycles. The summed E-state index contributed by atoms with van der Waals surface area (Å²) >= 11 is 0. The summed E-state index contributed by atoms with van der Waals surface area (Å²) in [4.78, 5) is 32.9. The Morgan fingerprint density at radius 2 is 2.18 bits per heavy atom. The first-order valence-electron chi connectivity index (χ1n) is 7.47. The topological polar surface area (TPSA) is 98.4 Å². The first-order chi connectivity index (χ1) is 10.6. The summed E-state index contributed by atoms with van der Waals surface area (Å²) in [7, 11) is 1.53. The van der Waals surface area contributed by atoms with Crippen molar-refractivity contribution in [2.24, 2.45) is 11.7 Å². The molecule has 0 saturated carbocycles. The van der Waals surface area contributed by atoms with Gasteiger partial charge in [0, 0.05) is 25.9 Å². The molecule has 1 fully saturated rings. The van der Waals surface area contributed by atoms with Crippen LogP contribution in [0.2, 0.25) is 0 Å². The van der Waals surface area contributed by atoms with Crippen molar-refractivity contribution < 1.29 is 14.3 Å². The maximum atomic E-state index is 11.9. The molecule has 0 aliphatic carbocycles. The van der Waals surface area contributed by atoms with E-state index in [-0.39, 0.29) is 18.2 Å². The van der Waals surface area contributed by atoms with Crippen molar-refractivity contribution in [2.75, 3.05) is 26.8 Å². The SMILES string of the molecule is COCC(=O)N1CCC[C@@H](Cc2cc(C(N)=O)ncn2)CC1. The van der Waals surface area contributed by atoms with Gasteiger partial charge in [-0.25, -0.2) is 9.97 Å². The highest BCUT2D eigenvalue weighted by atomic mass is 16.5. The van der Waals surface area contributed by atoms with Gasteiger partial charge in [0.2, 0.25) is 5.91 Å². The Kier molecular flexibility index (Phi) is 5.83. The lowest BCUT2D eigenvalue weighted by molar-refractivity contribution is -0.135. The third kappa shape index (κ3) is 4.49. The Hall–Kier alpha value is -2.02. The van der Waals surface area contributed by atoms with E-state index in [1.807, 2.05) is 4.90 Å². The number of methoxy groups -OCH3 is 1. The quantitative estimate of drug-likeness (QED) is 0.848. The van der Waals surface area contributed by atoms with Gasteiger partial charge in [-0.15, -0.1) is 0 Å². The van der Waals surface area contributed by atoms with Gasteiger partial charge < -0.3 is 15.4 Å². The van der Waals surface area contributed by atoms with E-state index in [4.69, 9.17) is 10.5 Å². The number of aromatic nitrogens is 2. The number of nitrogens with two attached hydrogens (primary N) is 1. The number of primary amides is 1. The van der Waals surface area contributed by atoms with E-state index in [0.717, 1.165) is 44.5 Å². The predicted molar refractivity (Wildman–Crippen MR) is 80.1 cm³/mol. The lowest BCUT2D eigenvalue weighted by Gasteiger charge is -2.20. The fourth-order valence-electron chi connectivity index (χ4n) is 2.77. The van der Waals surface area contributed by atoms with Crippen LogP contribution in [-0.4, -0.2) is 53.5 Å². The Morgan fingerprint density at radius 3 is 2.91 bits per heavy atom. The smallest absolute Gasteiger partial charge is 0.267 e. The zero-order valence-corrected chi connectivity index (χ0v) is 12.8. The van der Waals surface area contributed by atoms with E-state index >= 15 is 0 Å². The summed E-state index contributed by atoms with van der Waals surface area (Å²) in [5.41, 5.74) is 6.31. The van der Waals surface area contributed by atoms with Crippen LogP contribution in [-0.2, 0) is 16.0 Å². The normalized spacial score (nSPS) is 18.8. The molecule has 1 saturated heterocycles. The molecule has 1 aromatic heterocycles. The van der Waals surface area contributed by atoms with Crippen LogP contribution in [0.25, 0.3) is 0 Å². The lowest BCUT2D eigenvalue weighted by atomic mass is 9.95. The minimum atomic E-state index is -0.541. The van der Waals surface area contributed by atoms with Crippen LogP contribution in [0.4, 0.5) is 0 Å².